The van der Waals surface area contributed by atoms with Gasteiger partial charge in [0.25, 0.3) is 0 Å². The van der Waals surface area contributed by atoms with Crippen LogP contribution >= 0.6 is 0 Å². The molecule has 18 heavy (non-hydrogen) atoms. The Labute approximate surface area is 104 Å². The highest BCUT2D eigenvalue weighted by Gasteiger charge is 2.16. The fraction of sp³-hybridized carbons (Fsp3) is 0.133. The molecule has 0 aliphatic carbocycles. The number of halogens is 2. The van der Waals surface area contributed by atoms with Gasteiger partial charge in [0.05, 0.1) is 5.71 Å². The normalized spacial score (nSPS) is 14.0. The first-order valence-corrected chi connectivity index (χ1v) is 5.83. The Morgan fingerprint density at radius 3 is 2.44 bits per heavy atom. The van der Waals surface area contributed by atoms with E-state index in [-0.39, 0.29) is 0 Å². The molecule has 0 bridgehead atoms. The van der Waals surface area contributed by atoms with E-state index in [1.807, 2.05) is 24.3 Å². The second kappa shape index (κ2) is 4.33. The van der Waals surface area contributed by atoms with E-state index in [0.29, 0.717) is 17.8 Å². The number of rotatable bonds is 1. The van der Waals surface area contributed by atoms with Crippen molar-refractivity contribution in [1.82, 2.24) is 0 Å². The average molecular weight is 243 g/mol. The fourth-order valence-electron chi connectivity index (χ4n) is 2.28. The second-order valence-electron chi connectivity index (χ2n) is 4.30. The lowest BCUT2D eigenvalue weighted by Crippen LogP contribution is -2.14. The largest absolute Gasteiger partial charge is 0.284 e. The third kappa shape index (κ3) is 1.92. The van der Waals surface area contributed by atoms with E-state index < -0.39 is 11.6 Å². The zero-order chi connectivity index (χ0) is 12.5. The molecule has 0 aromatic heterocycles. The Morgan fingerprint density at radius 2 is 1.67 bits per heavy atom. The summed E-state index contributed by atoms with van der Waals surface area (Å²) >= 11 is 0. The predicted octanol–water partition coefficient (Wildman–Crippen LogP) is 3.36. The molecule has 0 amide bonds. The average Bonchev–Trinajstić information content (AvgIpc) is 2.37. The van der Waals surface area contributed by atoms with Crippen molar-refractivity contribution in [2.75, 3.05) is 6.54 Å². The Kier molecular flexibility index (Phi) is 2.67. The number of fused-ring (bicyclic) bond motifs is 1. The second-order valence-corrected chi connectivity index (χ2v) is 4.30. The number of hydrogen-bond acceptors (Lipinski definition) is 1. The number of nitrogens with zero attached hydrogens (tertiary/aromatic N) is 1. The Balaban J connectivity index is 2.15. The molecule has 2 aromatic carbocycles. The minimum Gasteiger partial charge on any atom is -0.284 e. The summed E-state index contributed by atoms with van der Waals surface area (Å²) in [4.78, 5) is 4.41. The van der Waals surface area contributed by atoms with Crippen LogP contribution in [0.1, 0.15) is 16.7 Å². The summed E-state index contributed by atoms with van der Waals surface area (Å²) in [5.41, 5.74) is 3.32. The molecule has 0 spiro atoms. The topological polar surface area (TPSA) is 12.4 Å². The molecule has 0 atom stereocenters. The van der Waals surface area contributed by atoms with Crippen LogP contribution in [0, 0.1) is 11.6 Å². The maximum Gasteiger partial charge on any atom is 0.126 e. The SMILES string of the molecule is Fc1cc(F)cc(C2=NCCc3ccccc32)c1. The third-order valence-corrected chi connectivity index (χ3v) is 3.06. The summed E-state index contributed by atoms with van der Waals surface area (Å²) in [6, 6.07) is 11.4. The van der Waals surface area contributed by atoms with Gasteiger partial charge in [-0.15, -0.1) is 0 Å². The van der Waals surface area contributed by atoms with Gasteiger partial charge in [0.1, 0.15) is 11.6 Å². The molecule has 0 fully saturated rings. The molecular formula is C15H11F2N. The van der Waals surface area contributed by atoms with Crippen LogP contribution in [-0.2, 0) is 6.42 Å². The summed E-state index contributed by atoms with van der Waals surface area (Å²) in [6.07, 6.45) is 0.872. The molecular weight excluding hydrogens is 232 g/mol. The lowest BCUT2D eigenvalue weighted by atomic mass is 9.93. The highest BCUT2D eigenvalue weighted by molar-refractivity contribution is 6.14. The Hall–Kier alpha value is -2.03. The van der Waals surface area contributed by atoms with Crippen molar-refractivity contribution in [1.29, 1.82) is 0 Å². The van der Waals surface area contributed by atoms with Crippen molar-refractivity contribution in [3.05, 3.63) is 70.8 Å². The van der Waals surface area contributed by atoms with Gasteiger partial charge in [0.15, 0.2) is 0 Å². The molecule has 0 N–H and O–H groups in total. The van der Waals surface area contributed by atoms with Gasteiger partial charge < -0.3 is 0 Å². The van der Waals surface area contributed by atoms with Crippen molar-refractivity contribution in [2.45, 2.75) is 6.42 Å². The third-order valence-electron chi connectivity index (χ3n) is 3.06. The van der Waals surface area contributed by atoms with Gasteiger partial charge in [-0.3, -0.25) is 4.99 Å². The Morgan fingerprint density at radius 1 is 0.944 bits per heavy atom. The molecule has 1 aliphatic rings. The standard InChI is InChI=1S/C15H11F2N/c16-12-7-11(8-13(17)9-12)15-14-4-2-1-3-10(14)5-6-18-15/h1-4,7-9H,5-6H2. The molecule has 0 saturated carbocycles. The van der Waals surface area contributed by atoms with Gasteiger partial charge >= 0.3 is 0 Å². The molecule has 0 saturated heterocycles. The highest BCUT2D eigenvalue weighted by Crippen LogP contribution is 2.21. The molecule has 0 radical (unpaired) electrons. The zero-order valence-corrected chi connectivity index (χ0v) is 9.66. The molecule has 2 aromatic rings. The molecule has 90 valence electrons. The molecule has 0 unspecified atom stereocenters. The zero-order valence-electron chi connectivity index (χ0n) is 9.66. The van der Waals surface area contributed by atoms with E-state index >= 15 is 0 Å². The summed E-state index contributed by atoms with van der Waals surface area (Å²) in [7, 11) is 0. The summed E-state index contributed by atoms with van der Waals surface area (Å²) in [5.74, 6) is -1.15. The minimum atomic E-state index is -0.573. The number of hydrogen-bond donors (Lipinski definition) is 0. The summed E-state index contributed by atoms with van der Waals surface area (Å²) in [5, 5.41) is 0. The van der Waals surface area contributed by atoms with Crippen molar-refractivity contribution in [3.63, 3.8) is 0 Å². The van der Waals surface area contributed by atoms with Gasteiger partial charge in [-0.1, -0.05) is 24.3 Å². The van der Waals surface area contributed by atoms with Gasteiger partial charge in [-0.25, -0.2) is 8.78 Å². The van der Waals surface area contributed by atoms with Crippen LogP contribution in [0.3, 0.4) is 0 Å². The lowest BCUT2D eigenvalue weighted by Gasteiger charge is -2.17. The van der Waals surface area contributed by atoms with E-state index in [1.165, 1.54) is 17.7 Å². The molecule has 1 nitrogen and oxygen atoms in total. The van der Waals surface area contributed by atoms with Gasteiger partial charge in [0, 0.05) is 23.7 Å². The van der Waals surface area contributed by atoms with Crippen LogP contribution in [0.5, 0.6) is 0 Å². The van der Waals surface area contributed by atoms with E-state index in [1.54, 1.807) is 0 Å². The maximum absolute atomic E-state index is 13.3. The van der Waals surface area contributed by atoms with Crippen LogP contribution < -0.4 is 0 Å². The van der Waals surface area contributed by atoms with Crippen molar-refractivity contribution in [2.24, 2.45) is 4.99 Å². The summed E-state index contributed by atoms with van der Waals surface area (Å²) in [6.45, 7) is 0.657. The molecule has 3 heteroatoms. The van der Waals surface area contributed by atoms with Gasteiger partial charge in [-0.2, -0.15) is 0 Å². The Bertz CT molecular complexity index is 612. The fourth-order valence-corrected chi connectivity index (χ4v) is 2.28. The van der Waals surface area contributed by atoms with Crippen molar-refractivity contribution < 1.29 is 8.78 Å². The van der Waals surface area contributed by atoms with Crippen LogP contribution in [0.15, 0.2) is 47.5 Å². The smallest absolute Gasteiger partial charge is 0.126 e. The quantitative estimate of drug-likeness (QED) is 0.728. The van der Waals surface area contributed by atoms with Crippen LogP contribution in [0.2, 0.25) is 0 Å². The van der Waals surface area contributed by atoms with Crippen LogP contribution in [-0.4, -0.2) is 12.3 Å². The molecule has 1 aliphatic heterocycles. The molecule has 1 heterocycles. The number of aliphatic imine (C=N–C) groups is 1. The summed E-state index contributed by atoms with van der Waals surface area (Å²) < 4.78 is 26.5. The first kappa shape index (κ1) is 11.1. The minimum absolute atomic E-state index is 0.500. The number of benzene rings is 2. The van der Waals surface area contributed by atoms with E-state index in [4.69, 9.17) is 0 Å². The maximum atomic E-state index is 13.3. The van der Waals surface area contributed by atoms with E-state index in [2.05, 4.69) is 4.99 Å². The first-order valence-electron chi connectivity index (χ1n) is 5.83. The van der Waals surface area contributed by atoms with Crippen molar-refractivity contribution in [3.8, 4) is 0 Å². The first-order chi connectivity index (χ1) is 8.74. The monoisotopic (exact) mass is 243 g/mol. The van der Waals surface area contributed by atoms with Crippen LogP contribution in [0.25, 0.3) is 0 Å². The predicted molar refractivity (Wildman–Crippen MR) is 67.0 cm³/mol. The van der Waals surface area contributed by atoms with Gasteiger partial charge in [0.2, 0.25) is 0 Å². The van der Waals surface area contributed by atoms with Gasteiger partial charge in [-0.05, 0) is 24.1 Å². The lowest BCUT2D eigenvalue weighted by molar-refractivity contribution is 0.583. The van der Waals surface area contributed by atoms with E-state index in [9.17, 15) is 8.78 Å². The highest BCUT2D eigenvalue weighted by atomic mass is 19.1. The van der Waals surface area contributed by atoms with Crippen molar-refractivity contribution >= 4 is 5.71 Å². The molecule has 3 rings (SSSR count). The van der Waals surface area contributed by atoms with Crippen LogP contribution in [0.4, 0.5) is 8.78 Å². The van der Waals surface area contributed by atoms with E-state index in [0.717, 1.165) is 18.1 Å².